The maximum absolute atomic E-state index is 5.31. The lowest BCUT2D eigenvalue weighted by molar-refractivity contribution is 0.164. The number of ether oxygens (including phenoxy) is 1. The molecule has 86 valence electrons. The summed E-state index contributed by atoms with van der Waals surface area (Å²) in [5.41, 5.74) is 0.858. The highest BCUT2D eigenvalue weighted by molar-refractivity contribution is 5.87. The molecule has 0 amide bonds. The second kappa shape index (κ2) is 4.99. The number of hydrogen-bond acceptors (Lipinski definition) is 4. The Kier molecular flexibility index (Phi) is 3.41. The molecule has 0 radical (unpaired) electrons. The van der Waals surface area contributed by atoms with Crippen LogP contribution >= 0.6 is 0 Å². The maximum Gasteiger partial charge on any atom is 0.139 e. The number of nitrogens with one attached hydrogen (secondary N) is 1. The van der Waals surface area contributed by atoms with Crippen LogP contribution in [0.15, 0.2) is 29.0 Å². The van der Waals surface area contributed by atoms with Gasteiger partial charge in [0.05, 0.1) is 18.3 Å². The Morgan fingerprint density at radius 3 is 3.19 bits per heavy atom. The molecule has 0 spiro atoms. The number of pyridine rings is 1. The van der Waals surface area contributed by atoms with E-state index in [2.05, 4.69) is 17.2 Å². The summed E-state index contributed by atoms with van der Waals surface area (Å²) in [6.45, 7) is 3.71. The molecule has 0 aliphatic rings. The second-order valence-electron chi connectivity index (χ2n) is 3.93. The summed E-state index contributed by atoms with van der Waals surface area (Å²) in [5, 5.41) is 4.33. The third-order valence-corrected chi connectivity index (χ3v) is 2.45. The average Bonchev–Trinajstić information content (AvgIpc) is 2.75. The summed E-state index contributed by atoms with van der Waals surface area (Å²) >= 11 is 0. The predicted octanol–water partition coefficient (Wildman–Crippen LogP) is 2.52. The molecule has 2 aromatic heterocycles. The molecule has 1 unspecified atom stereocenters. The van der Waals surface area contributed by atoms with Crippen LogP contribution in [0.4, 0.5) is 5.82 Å². The third-order valence-electron chi connectivity index (χ3n) is 2.45. The standard InChI is InChI=1S/C12H16N2O2/c1-9(8-15-2)7-14-12-10-4-6-16-11(10)3-5-13-12/h3-6,9H,7-8H2,1-2H3,(H,13,14). The molecule has 16 heavy (non-hydrogen) atoms. The second-order valence-corrected chi connectivity index (χ2v) is 3.93. The van der Waals surface area contributed by atoms with Gasteiger partial charge < -0.3 is 14.5 Å². The molecule has 4 heteroatoms. The van der Waals surface area contributed by atoms with E-state index in [1.807, 2.05) is 12.1 Å². The third kappa shape index (κ3) is 2.33. The van der Waals surface area contributed by atoms with E-state index in [1.54, 1.807) is 19.6 Å². The first-order valence-electron chi connectivity index (χ1n) is 5.36. The zero-order valence-corrected chi connectivity index (χ0v) is 9.56. The summed E-state index contributed by atoms with van der Waals surface area (Å²) in [6, 6.07) is 3.78. The fraction of sp³-hybridized carbons (Fsp3) is 0.417. The van der Waals surface area contributed by atoms with E-state index in [1.165, 1.54) is 0 Å². The number of methoxy groups -OCH3 is 1. The van der Waals surface area contributed by atoms with Crippen molar-refractivity contribution in [3.05, 3.63) is 24.6 Å². The molecule has 0 aliphatic carbocycles. The molecular formula is C12H16N2O2. The highest BCUT2D eigenvalue weighted by atomic mass is 16.5. The SMILES string of the molecule is COCC(C)CNc1nccc2occc12. The minimum atomic E-state index is 0.453. The van der Waals surface area contributed by atoms with Gasteiger partial charge in [0.15, 0.2) is 0 Å². The number of fused-ring (bicyclic) bond motifs is 1. The number of anilines is 1. The minimum absolute atomic E-state index is 0.453. The minimum Gasteiger partial charge on any atom is -0.464 e. The van der Waals surface area contributed by atoms with Gasteiger partial charge in [-0.3, -0.25) is 0 Å². The fourth-order valence-electron chi connectivity index (χ4n) is 1.65. The zero-order chi connectivity index (χ0) is 11.4. The van der Waals surface area contributed by atoms with Crippen LogP contribution in [0.5, 0.6) is 0 Å². The van der Waals surface area contributed by atoms with Crippen LogP contribution in [0.25, 0.3) is 11.0 Å². The molecule has 0 fully saturated rings. The molecule has 1 atom stereocenters. The van der Waals surface area contributed by atoms with E-state index in [0.29, 0.717) is 5.92 Å². The van der Waals surface area contributed by atoms with Gasteiger partial charge in [0, 0.05) is 19.9 Å². The predicted molar refractivity (Wildman–Crippen MR) is 63.5 cm³/mol. The monoisotopic (exact) mass is 220 g/mol. The number of aromatic nitrogens is 1. The lowest BCUT2D eigenvalue weighted by Crippen LogP contribution is -2.16. The van der Waals surface area contributed by atoms with E-state index >= 15 is 0 Å². The fourth-order valence-corrected chi connectivity index (χ4v) is 1.65. The Morgan fingerprint density at radius 2 is 2.38 bits per heavy atom. The van der Waals surface area contributed by atoms with Gasteiger partial charge in [0.1, 0.15) is 11.4 Å². The van der Waals surface area contributed by atoms with Gasteiger partial charge in [-0.15, -0.1) is 0 Å². The first-order chi connectivity index (χ1) is 7.81. The highest BCUT2D eigenvalue weighted by Crippen LogP contribution is 2.21. The average molecular weight is 220 g/mol. The Labute approximate surface area is 94.6 Å². The van der Waals surface area contributed by atoms with Gasteiger partial charge in [-0.1, -0.05) is 6.92 Å². The van der Waals surface area contributed by atoms with Crippen molar-refractivity contribution < 1.29 is 9.15 Å². The quantitative estimate of drug-likeness (QED) is 0.841. The van der Waals surface area contributed by atoms with Crippen LogP contribution < -0.4 is 5.32 Å². The first kappa shape index (κ1) is 11.0. The smallest absolute Gasteiger partial charge is 0.139 e. The van der Waals surface area contributed by atoms with Crippen LogP contribution in [-0.4, -0.2) is 25.2 Å². The molecule has 0 saturated heterocycles. The van der Waals surface area contributed by atoms with Crippen LogP contribution in [-0.2, 0) is 4.74 Å². The molecule has 2 heterocycles. The van der Waals surface area contributed by atoms with Crippen molar-refractivity contribution in [1.29, 1.82) is 0 Å². The van der Waals surface area contributed by atoms with E-state index in [9.17, 15) is 0 Å². The molecular weight excluding hydrogens is 204 g/mol. The van der Waals surface area contributed by atoms with Crippen molar-refractivity contribution in [1.82, 2.24) is 4.98 Å². The Morgan fingerprint density at radius 1 is 1.50 bits per heavy atom. The largest absolute Gasteiger partial charge is 0.464 e. The molecule has 2 rings (SSSR count). The summed E-state index contributed by atoms with van der Waals surface area (Å²) in [6.07, 6.45) is 3.42. The molecule has 0 saturated carbocycles. The van der Waals surface area contributed by atoms with Gasteiger partial charge in [0.25, 0.3) is 0 Å². The van der Waals surface area contributed by atoms with Crippen LogP contribution in [0.3, 0.4) is 0 Å². The van der Waals surface area contributed by atoms with Crippen molar-refractivity contribution in [3.8, 4) is 0 Å². The zero-order valence-electron chi connectivity index (χ0n) is 9.56. The Bertz CT molecular complexity index is 453. The molecule has 0 aromatic carbocycles. The lowest BCUT2D eigenvalue weighted by Gasteiger charge is -2.12. The molecule has 0 bridgehead atoms. The topological polar surface area (TPSA) is 47.3 Å². The maximum atomic E-state index is 5.31. The van der Waals surface area contributed by atoms with E-state index in [0.717, 1.165) is 29.9 Å². The van der Waals surface area contributed by atoms with Gasteiger partial charge in [0.2, 0.25) is 0 Å². The number of hydrogen-bond donors (Lipinski definition) is 1. The van der Waals surface area contributed by atoms with Crippen LogP contribution in [0, 0.1) is 5.92 Å². The van der Waals surface area contributed by atoms with E-state index in [4.69, 9.17) is 9.15 Å². The molecule has 2 aromatic rings. The van der Waals surface area contributed by atoms with Crippen molar-refractivity contribution in [3.63, 3.8) is 0 Å². The van der Waals surface area contributed by atoms with Crippen LogP contribution in [0.2, 0.25) is 0 Å². The number of nitrogens with zero attached hydrogens (tertiary/aromatic N) is 1. The van der Waals surface area contributed by atoms with Crippen molar-refractivity contribution in [2.45, 2.75) is 6.92 Å². The van der Waals surface area contributed by atoms with Gasteiger partial charge in [-0.25, -0.2) is 4.98 Å². The first-order valence-corrected chi connectivity index (χ1v) is 5.36. The van der Waals surface area contributed by atoms with Gasteiger partial charge in [-0.05, 0) is 18.1 Å². The van der Waals surface area contributed by atoms with Crippen molar-refractivity contribution in [2.24, 2.45) is 5.92 Å². The Balaban J connectivity index is 2.06. The molecule has 4 nitrogen and oxygen atoms in total. The van der Waals surface area contributed by atoms with E-state index in [-0.39, 0.29) is 0 Å². The lowest BCUT2D eigenvalue weighted by atomic mass is 10.2. The Hall–Kier alpha value is -1.55. The summed E-state index contributed by atoms with van der Waals surface area (Å²) < 4.78 is 10.4. The summed E-state index contributed by atoms with van der Waals surface area (Å²) in [4.78, 5) is 4.30. The van der Waals surface area contributed by atoms with Gasteiger partial charge >= 0.3 is 0 Å². The molecule has 1 N–H and O–H groups in total. The number of furan rings is 1. The van der Waals surface area contributed by atoms with E-state index < -0.39 is 0 Å². The normalized spacial score (nSPS) is 12.9. The molecule has 0 aliphatic heterocycles. The van der Waals surface area contributed by atoms with Crippen LogP contribution in [0.1, 0.15) is 6.92 Å². The number of rotatable bonds is 5. The summed E-state index contributed by atoms with van der Waals surface area (Å²) in [7, 11) is 1.71. The van der Waals surface area contributed by atoms with Gasteiger partial charge in [-0.2, -0.15) is 0 Å². The summed E-state index contributed by atoms with van der Waals surface area (Å²) in [5.74, 6) is 1.32. The van der Waals surface area contributed by atoms with Crippen molar-refractivity contribution >= 4 is 16.8 Å². The van der Waals surface area contributed by atoms with Crippen molar-refractivity contribution in [2.75, 3.05) is 25.6 Å². The highest BCUT2D eigenvalue weighted by Gasteiger charge is 2.06.